The summed E-state index contributed by atoms with van der Waals surface area (Å²) in [5, 5.41) is 3.59. The van der Waals surface area contributed by atoms with Crippen LogP contribution in [0.25, 0.3) is 0 Å². The van der Waals surface area contributed by atoms with Crippen LogP contribution in [0.15, 0.2) is 12.1 Å². The van der Waals surface area contributed by atoms with Crippen molar-refractivity contribution in [3.8, 4) is 11.5 Å². The molecule has 0 aromatic heterocycles. The van der Waals surface area contributed by atoms with E-state index in [1.807, 2.05) is 20.8 Å². The fourth-order valence-electron chi connectivity index (χ4n) is 2.12. The highest BCUT2D eigenvalue weighted by Crippen LogP contribution is 2.32. The number of nitrogens with one attached hydrogen (secondary N) is 1. The second-order valence-electron chi connectivity index (χ2n) is 6.67. The lowest BCUT2D eigenvalue weighted by Crippen LogP contribution is -2.29. The van der Waals surface area contributed by atoms with Gasteiger partial charge in [-0.05, 0) is 50.8 Å². The van der Waals surface area contributed by atoms with E-state index in [1.54, 1.807) is 0 Å². The van der Waals surface area contributed by atoms with Crippen LogP contribution < -0.4 is 14.8 Å². The van der Waals surface area contributed by atoms with Crippen LogP contribution in [-0.4, -0.2) is 19.8 Å². The Morgan fingerprint density at radius 3 is 1.90 bits per heavy atom. The molecular formula is C18H31NO2. The van der Waals surface area contributed by atoms with Crippen LogP contribution in [0.3, 0.4) is 0 Å². The van der Waals surface area contributed by atoms with Crippen molar-refractivity contribution in [2.24, 2.45) is 5.41 Å². The minimum absolute atomic E-state index is 0.267. The summed E-state index contributed by atoms with van der Waals surface area (Å²) in [4.78, 5) is 0. The van der Waals surface area contributed by atoms with Gasteiger partial charge in [0.2, 0.25) is 0 Å². The van der Waals surface area contributed by atoms with E-state index in [9.17, 15) is 0 Å². The van der Waals surface area contributed by atoms with Gasteiger partial charge < -0.3 is 14.8 Å². The second kappa shape index (κ2) is 7.69. The molecule has 1 aromatic carbocycles. The van der Waals surface area contributed by atoms with Crippen molar-refractivity contribution in [1.29, 1.82) is 0 Å². The molecule has 0 saturated carbocycles. The van der Waals surface area contributed by atoms with Crippen molar-refractivity contribution in [2.45, 2.75) is 54.5 Å². The lowest BCUT2D eigenvalue weighted by atomic mass is 9.95. The molecule has 0 saturated heterocycles. The molecule has 1 N–H and O–H groups in total. The van der Waals surface area contributed by atoms with Crippen molar-refractivity contribution in [1.82, 2.24) is 5.32 Å². The molecule has 0 aliphatic rings. The van der Waals surface area contributed by atoms with Gasteiger partial charge in [-0.25, -0.2) is 0 Å². The number of hydrogen-bond donors (Lipinski definition) is 1. The fourth-order valence-corrected chi connectivity index (χ4v) is 2.12. The molecule has 21 heavy (non-hydrogen) atoms. The zero-order chi connectivity index (χ0) is 16.0. The summed E-state index contributed by atoms with van der Waals surface area (Å²) in [7, 11) is 0. The minimum Gasteiger partial charge on any atom is -0.493 e. The smallest absolute Gasteiger partial charge is 0.126 e. The second-order valence-corrected chi connectivity index (χ2v) is 6.67. The van der Waals surface area contributed by atoms with Gasteiger partial charge >= 0.3 is 0 Å². The topological polar surface area (TPSA) is 30.5 Å². The Hall–Kier alpha value is -1.22. The standard InChI is InChI=1S/C18H31NO2/c1-8-20-16-10-15(11-17(13(16)3)21-9-2)14(4)19-12-18(5,6)7/h10-11,14,19H,8-9,12H2,1-7H3/t14-/m1/s1. The molecule has 1 atom stereocenters. The van der Waals surface area contributed by atoms with Crippen LogP contribution in [0.1, 0.15) is 58.7 Å². The van der Waals surface area contributed by atoms with Gasteiger partial charge in [0.15, 0.2) is 0 Å². The van der Waals surface area contributed by atoms with Gasteiger partial charge in [-0.3, -0.25) is 0 Å². The monoisotopic (exact) mass is 293 g/mol. The maximum atomic E-state index is 5.75. The molecule has 0 fully saturated rings. The first-order valence-electron chi connectivity index (χ1n) is 7.92. The maximum Gasteiger partial charge on any atom is 0.126 e. The Morgan fingerprint density at radius 2 is 1.52 bits per heavy atom. The van der Waals surface area contributed by atoms with Gasteiger partial charge in [-0.2, -0.15) is 0 Å². The van der Waals surface area contributed by atoms with Crippen LogP contribution >= 0.6 is 0 Å². The molecule has 0 unspecified atom stereocenters. The molecule has 3 heteroatoms. The zero-order valence-electron chi connectivity index (χ0n) is 14.7. The van der Waals surface area contributed by atoms with E-state index in [0.29, 0.717) is 13.2 Å². The molecule has 1 rings (SSSR count). The average Bonchev–Trinajstić information content (AvgIpc) is 2.40. The van der Waals surface area contributed by atoms with Gasteiger partial charge in [0.25, 0.3) is 0 Å². The van der Waals surface area contributed by atoms with E-state index in [0.717, 1.165) is 23.6 Å². The molecule has 0 aliphatic carbocycles. The van der Waals surface area contributed by atoms with Crippen molar-refractivity contribution >= 4 is 0 Å². The van der Waals surface area contributed by atoms with Crippen LogP contribution in [0.4, 0.5) is 0 Å². The van der Waals surface area contributed by atoms with Crippen LogP contribution in [0.2, 0.25) is 0 Å². The van der Waals surface area contributed by atoms with E-state index in [2.05, 4.69) is 45.1 Å². The van der Waals surface area contributed by atoms with Gasteiger partial charge in [-0.1, -0.05) is 20.8 Å². The average molecular weight is 293 g/mol. The number of benzene rings is 1. The summed E-state index contributed by atoms with van der Waals surface area (Å²) < 4.78 is 11.5. The first kappa shape index (κ1) is 17.8. The Labute approximate surface area is 130 Å². The van der Waals surface area contributed by atoms with Crippen LogP contribution in [0, 0.1) is 12.3 Å². The Kier molecular flexibility index (Phi) is 6.53. The highest BCUT2D eigenvalue weighted by molar-refractivity contribution is 5.48. The van der Waals surface area contributed by atoms with Crippen LogP contribution in [-0.2, 0) is 0 Å². The van der Waals surface area contributed by atoms with Gasteiger partial charge in [0.05, 0.1) is 13.2 Å². The molecule has 0 aliphatic heterocycles. The van der Waals surface area contributed by atoms with E-state index in [1.165, 1.54) is 5.56 Å². The SMILES string of the molecule is CCOc1cc([C@@H](C)NCC(C)(C)C)cc(OCC)c1C. The molecule has 120 valence electrons. The third-order valence-corrected chi connectivity index (χ3v) is 3.37. The summed E-state index contributed by atoms with van der Waals surface area (Å²) in [6.07, 6.45) is 0. The molecule has 0 amide bonds. The van der Waals surface area contributed by atoms with Crippen LogP contribution in [0.5, 0.6) is 11.5 Å². The van der Waals surface area contributed by atoms with E-state index in [4.69, 9.17) is 9.47 Å². The first-order valence-corrected chi connectivity index (χ1v) is 7.92. The van der Waals surface area contributed by atoms with E-state index < -0.39 is 0 Å². The van der Waals surface area contributed by atoms with Gasteiger partial charge in [0.1, 0.15) is 11.5 Å². The van der Waals surface area contributed by atoms with E-state index >= 15 is 0 Å². The summed E-state index contributed by atoms with van der Waals surface area (Å²) in [5.41, 5.74) is 2.55. The molecular weight excluding hydrogens is 262 g/mol. The molecule has 0 bridgehead atoms. The Morgan fingerprint density at radius 1 is 1.05 bits per heavy atom. The normalized spacial score (nSPS) is 13.1. The molecule has 0 spiro atoms. The highest BCUT2D eigenvalue weighted by Gasteiger charge is 2.16. The summed E-state index contributed by atoms with van der Waals surface area (Å²) >= 11 is 0. The Bertz CT molecular complexity index is 422. The first-order chi connectivity index (χ1) is 9.78. The van der Waals surface area contributed by atoms with Crippen molar-refractivity contribution in [3.05, 3.63) is 23.3 Å². The summed E-state index contributed by atoms with van der Waals surface area (Å²) in [6, 6.07) is 4.52. The molecule has 0 radical (unpaired) electrons. The van der Waals surface area contributed by atoms with Gasteiger partial charge in [-0.15, -0.1) is 0 Å². The van der Waals surface area contributed by atoms with Crippen molar-refractivity contribution < 1.29 is 9.47 Å². The lowest BCUT2D eigenvalue weighted by molar-refractivity contribution is 0.316. The predicted octanol–water partition coefficient (Wildman–Crippen LogP) is 4.49. The molecule has 0 heterocycles. The summed E-state index contributed by atoms with van der Waals surface area (Å²) in [6.45, 7) is 17.3. The highest BCUT2D eigenvalue weighted by atomic mass is 16.5. The van der Waals surface area contributed by atoms with Gasteiger partial charge in [0, 0.05) is 18.2 Å². The minimum atomic E-state index is 0.267. The lowest BCUT2D eigenvalue weighted by Gasteiger charge is -2.24. The van der Waals surface area contributed by atoms with Crippen molar-refractivity contribution in [3.63, 3.8) is 0 Å². The van der Waals surface area contributed by atoms with E-state index in [-0.39, 0.29) is 11.5 Å². The fraction of sp³-hybridized carbons (Fsp3) is 0.667. The largest absolute Gasteiger partial charge is 0.493 e. The molecule has 3 nitrogen and oxygen atoms in total. The number of hydrogen-bond acceptors (Lipinski definition) is 3. The summed E-state index contributed by atoms with van der Waals surface area (Å²) in [5.74, 6) is 1.84. The predicted molar refractivity (Wildman–Crippen MR) is 89.4 cm³/mol. The third-order valence-electron chi connectivity index (χ3n) is 3.37. The quantitative estimate of drug-likeness (QED) is 0.803. The van der Waals surface area contributed by atoms with Crippen molar-refractivity contribution in [2.75, 3.05) is 19.8 Å². The third kappa shape index (κ3) is 5.58. The number of ether oxygens (including phenoxy) is 2. The Balaban J connectivity index is 2.99. The zero-order valence-corrected chi connectivity index (χ0v) is 14.7. The number of rotatable bonds is 7. The maximum absolute atomic E-state index is 5.75. The molecule has 1 aromatic rings.